The molecule has 0 aliphatic heterocycles. The lowest BCUT2D eigenvalue weighted by Gasteiger charge is -2.24. The highest BCUT2D eigenvalue weighted by Gasteiger charge is 2.30. The summed E-state index contributed by atoms with van der Waals surface area (Å²) in [6.07, 6.45) is 4.42. The van der Waals surface area contributed by atoms with Crippen LogP contribution in [0.5, 0.6) is 0 Å². The van der Waals surface area contributed by atoms with E-state index in [0.29, 0.717) is 6.04 Å². The monoisotopic (exact) mass is 273 g/mol. The Morgan fingerprint density at radius 2 is 2.32 bits per heavy atom. The van der Waals surface area contributed by atoms with Gasteiger partial charge in [-0.25, -0.2) is 4.98 Å². The van der Waals surface area contributed by atoms with Gasteiger partial charge in [0.2, 0.25) is 0 Å². The zero-order valence-electron chi connectivity index (χ0n) is 11.1. The number of aromatic nitrogens is 1. The fourth-order valence-corrected chi connectivity index (χ4v) is 2.90. The Hall–Kier alpha value is -1.39. The lowest BCUT2D eigenvalue weighted by atomic mass is 10.1. The normalized spacial score (nSPS) is 16.3. The molecule has 1 aliphatic rings. The lowest BCUT2D eigenvalue weighted by molar-refractivity contribution is 0.768. The average molecular weight is 273 g/mol. The number of nitrogens with two attached hydrogens (primary N) is 1. The molecule has 2 N–H and O–H groups in total. The van der Waals surface area contributed by atoms with Gasteiger partial charge in [-0.1, -0.05) is 0 Å². The fraction of sp³-hybridized carbons (Fsp3) is 0.400. The van der Waals surface area contributed by atoms with Crippen molar-refractivity contribution in [3.8, 4) is 0 Å². The summed E-state index contributed by atoms with van der Waals surface area (Å²) in [4.78, 5) is 6.95. The number of nitrogens with zero attached hydrogens (tertiary/aromatic N) is 2. The van der Waals surface area contributed by atoms with Crippen LogP contribution in [0, 0.1) is 0 Å². The molecule has 2 aromatic rings. The molecule has 100 valence electrons. The van der Waals surface area contributed by atoms with Crippen molar-refractivity contribution < 1.29 is 0 Å². The van der Waals surface area contributed by atoms with Crippen molar-refractivity contribution in [2.24, 2.45) is 5.73 Å². The first-order valence-corrected chi connectivity index (χ1v) is 7.67. The van der Waals surface area contributed by atoms with Gasteiger partial charge in [-0.3, -0.25) is 0 Å². The Morgan fingerprint density at radius 1 is 1.47 bits per heavy atom. The van der Waals surface area contributed by atoms with Crippen molar-refractivity contribution in [1.29, 1.82) is 0 Å². The van der Waals surface area contributed by atoms with E-state index >= 15 is 0 Å². The second-order valence-corrected chi connectivity index (χ2v) is 6.01. The molecule has 2 heterocycles. The molecule has 3 rings (SSSR count). The molecular weight excluding hydrogens is 254 g/mol. The average Bonchev–Trinajstić information content (AvgIpc) is 3.13. The minimum atomic E-state index is 0.0592. The number of thiophene rings is 1. The van der Waals surface area contributed by atoms with Crippen molar-refractivity contribution in [2.75, 3.05) is 4.90 Å². The number of hydrogen-bond acceptors (Lipinski definition) is 4. The summed E-state index contributed by atoms with van der Waals surface area (Å²) in [7, 11) is 0. The van der Waals surface area contributed by atoms with Crippen molar-refractivity contribution in [2.45, 2.75) is 38.4 Å². The molecule has 0 radical (unpaired) electrons. The highest BCUT2D eigenvalue weighted by Crippen LogP contribution is 2.33. The molecule has 1 aliphatic carbocycles. The van der Waals surface area contributed by atoms with Gasteiger partial charge >= 0.3 is 0 Å². The van der Waals surface area contributed by atoms with Crippen LogP contribution in [0.3, 0.4) is 0 Å². The Labute approximate surface area is 118 Å². The summed E-state index contributed by atoms with van der Waals surface area (Å²) in [5.74, 6) is 1.06. The minimum absolute atomic E-state index is 0.0592. The van der Waals surface area contributed by atoms with Gasteiger partial charge in [0, 0.05) is 24.8 Å². The Balaban J connectivity index is 1.85. The van der Waals surface area contributed by atoms with Gasteiger partial charge in [0.05, 0.1) is 0 Å². The third kappa shape index (κ3) is 2.96. The topological polar surface area (TPSA) is 42.1 Å². The van der Waals surface area contributed by atoms with Crippen LogP contribution in [0.4, 0.5) is 5.82 Å². The zero-order chi connectivity index (χ0) is 13.2. The Morgan fingerprint density at radius 3 is 2.95 bits per heavy atom. The third-order valence-corrected chi connectivity index (χ3v) is 4.24. The van der Waals surface area contributed by atoms with Crippen LogP contribution < -0.4 is 10.6 Å². The molecule has 0 bridgehead atoms. The smallest absolute Gasteiger partial charge is 0.129 e. The molecule has 0 amide bonds. The molecule has 0 aromatic carbocycles. The molecule has 1 atom stereocenters. The van der Waals surface area contributed by atoms with E-state index in [2.05, 4.69) is 32.8 Å². The van der Waals surface area contributed by atoms with Gasteiger partial charge in [0.1, 0.15) is 5.82 Å². The van der Waals surface area contributed by atoms with E-state index in [1.807, 2.05) is 19.2 Å². The molecule has 2 aromatic heterocycles. The molecule has 0 saturated heterocycles. The first-order chi connectivity index (χ1) is 9.24. The van der Waals surface area contributed by atoms with Crippen LogP contribution in [-0.4, -0.2) is 11.0 Å². The predicted octanol–water partition coefficient (Wildman–Crippen LogP) is 3.33. The van der Waals surface area contributed by atoms with Crippen LogP contribution >= 0.6 is 11.3 Å². The highest BCUT2D eigenvalue weighted by molar-refractivity contribution is 7.07. The maximum Gasteiger partial charge on any atom is 0.129 e. The summed E-state index contributed by atoms with van der Waals surface area (Å²) in [5.41, 5.74) is 8.49. The van der Waals surface area contributed by atoms with Crippen LogP contribution in [0.25, 0.3) is 0 Å². The standard InChI is InChI=1S/C15H19N3S/c1-11(16)13-4-6-17-15(8-13)18(14-2-3-14)9-12-5-7-19-10-12/h4-8,10-11,14H,2-3,9,16H2,1H3/t11-/m0/s1. The van der Waals surface area contributed by atoms with Crippen molar-refractivity contribution in [3.63, 3.8) is 0 Å². The SMILES string of the molecule is C[C@H](N)c1ccnc(N(Cc2ccsc2)C2CC2)c1. The van der Waals surface area contributed by atoms with E-state index in [1.165, 1.54) is 18.4 Å². The quantitative estimate of drug-likeness (QED) is 0.908. The molecular formula is C15H19N3S. The largest absolute Gasteiger partial charge is 0.349 e. The van der Waals surface area contributed by atoms with Gasteiger partial charge in [-0.15, -0.1) is 0 Å². The van der Waals surface area contributed by atoms with Crippen molar-refractivity contribution in [1.82, 2.24) is 4.98 Å². The third-order valence-electron chi connectivity index (χ3n) is 3.51. The van der Waals surface area contributed by atoms with Crippen molar-refractivity contribution in [3.05, 3.63) is 46.3 Å². The summed E-state index contributed by atoms with van der Waals surface area (Å²) >= 11 is 1.75. The summed E-state index contributed by atoms with van der Waals surface area (Å²) in [5, 5.41) is 4.34. The Kier molecular flexibility index (Phi) is 3.53. The molecule has 3 nitrogen and oxygen atoms in total. The van der Waals surface area contributed by atoms with Crippen LogP contribution in [0.1, 0.15) is 36.9 Å². The first kappa shape index (κ1) is 12.6. The van der Waals surface area contributed by atoms with E-state index < -0.39 is 0 Å². The van der Waals surface area contributed by atoms with Crippen molar-refractivity contribution >= 4 is 17.2 Å². The number of anilines is 1. The molecule has 4 heteroatoms. The van der Waals surface area contributed by atoms with E-state index in [-0.39, 0.29) is 6.04 Å². The number of pyridine rings is 1. The van der Waals surface area contributed by atoms with Gasteiger partial charge < -0.3 is 10.6 Å². The van der Waals surface area contributed by atoms with Gasteiger partial charge in [0.15, 0.2) is 0 Å². The number of hydrogen-bond donors (Lipinski definition) is 1. The molecule has 1 saturated carbocycles. The molecule has 19 heavy (non-hydrogen) atoms. The molecule has 0 spiro atoms. The first-order valence-electron chi connectivity index (χ1n) is 6.73. The van der Waals surface area contributed by atoms with Gasteiger partial charge in [0.25, 0.3) is 0 Å². The highest BCUT2D eigenvalue weighted by atomic mass is 32.1. The summed E-state index contributed by atoms with van der Waals surface area (Å²) < 4.78 is 0. The molecule has 0 unspecified atom stereocenters. The van der Waals surface area contributed by atoms with Crippen LogP contribution in [0.2, 0.25) is 0 Å². The van der Waals surface area contributed by atoms with E-state index in [9.17, 15) is 0 Å². The predicted molar refractivity (Wildman–Crippen MR) is 80.4 cm³/mol. The second-order valence-electron chi connectivity index (χ2n) is 5.23. The fourth-order valence-electron chi connectivity index (χ4n) is 2.24. The summed E-state index contributed by atoms with van der Waals surface area (Å²) in [6.45, 7) is 2.96. The minimum Gasteiger partial charge on any atom is -0.349 e. The maximum absolute atomic E-state index is 5.97. The second kappa shape index (κ2) is 5.31. The van der Waals surface area contributed by atoms with Crippen LogP contribution in [-0.2, 0) is 6.54 Å². The number of rotatable bonds is 5. The van der Waals surface area contributed by atoms with Crippen LogP contribution in [0.15, 0.2) is 35.2 Å². The summed E-state index contributed by atoms with van der Waals surface area (Å²) in [6, 6.07) is 7.04. The Bertz CT molecular complexity index is 532. The van der Waals surface area contributed by atoms with Gasteiger partial charge in [-0.05, 0) is 59.9 Å². The maximum atomic E-state index is 5.97. The lowest BCUT2D eigenvalue weighted by Crippen LogP contribution is -2.26. The van der Waals surface area contributed by atoms with Gasteiger partial charge in [-0.2, -0.15) is 11.3 Å². The zero-order valence-corrected chi connectivity index (χ0v) is 11.9. The van der Waals surface area contributed by atoms with E-state index in [0.717, 1.165) is 17.9 Å². The van der Waals surface area contributed by atoms with E-state index in [1.54, 1.807) is 11.3 Å². The molecule has 1 fully saturated rings. The van der Waals surface area contributed by atoms with E-state index in [4.69, 9.17) is 5.73 Å².